The zero-order valence-corrected chi connectivity index (χ0v) is 18.6. The van der Waals surface area contributed by atoms with Gasteiger partial charge in [0.25, 0.3) is 5.56 Å². The Balaban J connectivity index is 1.29. The van der Waals surface area contributed by atoms with Crippen LogP contribution in [0, 0.1) is 0 Å². The van der Waals surface area contributed by atoms with Crippen LogP contribution in [-0.4, -0.2) is 47.2 Å². The van der Waals surface area contributed by atoms with E-state index in [0.29, 0.717) is 34.8 Å². The average molecular weight is 451 g/mol. The number of benzene rings is 2. The van der Waals surface area contributed by atoms with Crippen LogP contribution in [0.4, 0.5) is 0 Å². The molecule has 9 heteroatoms. The molecule has 2 aromatic heterocycles. The summed E-state index contributed by atoms with van der Waals surface area (Å²) >= 11 is 1.59. The zero-order valence-electron chi connectivity index (χ0n) is 17.8. The van der Waals surface area contributed by atoms with Crippen LogP contribution in [0.15, 0.2) is 64.5 Å². The molecule has 0 unspecified atom stereocenters. The molecule has 0 saturated heterocycles. The van der Waals surface area contributed by atoms with Crippen molar-refractivity contribution in [2.45, 2.75) is 43.9 Å². The topological polar surface area (TPSA) is 98.7 Å². The standard InChI is InChI=1S/C23H26N6O2S/c30-16-9-14-28-22(31)19-12-5-6-13-20(19)24-23(28)32-17-8-2-7-15-29-26-21(25-27-29)18-10-3-1-4-11-18/h1,3-6,10-13,30H,2,7-9,14-17H2. The fourth-order valence-electron chi connectivity index (χ4n) is 3.42. The molecule has 0 aliphatic carbocycles. The lowest BCUT2D eigenvalue weighted by Crippen LogP contribution is -2.24. The lowest BCUT2D eigenvalue weighted by Gasteiger charge is -2.12. The highest BCUT2D eigenvalue weighted by Gasteiger charge is 2.11. The van der Waals surface area contributed by atoms with Gasteiger partial charge in [0.1, 0.15) is 0 Å². The Morgan fingerprint density at radius 2 is 1.72 bits per heavy atom. The van der Waals surface area contributed by atoms with Gasteiger partial charge in [0.05, 0.1) is 17.4 Å². The van der Waals surface area contributed by atoms with E-state index < -0.39 is 0 Å². The van der Waals surface area contributed by atoms with Gasteiger partial charge in [-0.25, -0.2) is 4.98 Å². The van der Waals surface area contributed by atoms with Gasteiger partial charge >= 0.3 is 0 Å². The molecule has 4 rings (SSSR count). The van der Waals surface area contributed by atoms with Crippen LogP contribution >= 0.6 is 11.8 Å². The molecular formula is C23H26N6O2S. The molecule has 8 nitrogen and oxygen atoms in total. The highest BCUT2D eigenvalue weighted by atomic mass is 32.2. The fourth-order valence-corrected chi connectivity index (χ4v) is 4.44. The molecule has 2 heterocycles. The Kier molecular flexibility index (Phi) is 7.63. The van der Waals surface area contributed by atoms with E-state index in [0.717, 1.165) is 37.1 Å². The van der Waals surface area contributed by atoms with Crippen molar-refractivity contribution in [2.24, 2.45) is 0 Å². The maximum absolute atomic E-state index is 12.9. The van der Waals surface area contributed by atoms with Crippen LogP contribution in [0.2, 0.25) is 0 Å². The average Bonchev–Trinajstić information content (AvgIpc) is 3.30. The maximum atomic E-state index is 12.9. The van der Waals surface area contributed by atoms with Crippen molar-refractivity contribution >= 4 is 22.7 Å². The Morgan fingerprint density at radius 3 is 2.56 bits per heavy atom. The lowest BCUT2D eigenvalue weighted by atomic mass is 10.2. The van der Waals surface area contributed by atoms with Gasteiger partial charge in [0, 0.05) is 24.5 Å². The van der Waals surface area contributed by atoms with Gasteiger partial charge in [0.2, 0.25) is 5.82 Å². The second-order valence-electron chi connectivity index (χ2n) is 7.43. The molecule has 2 aromatic carbocycles. The fraction of sp³-hybridized carbons (Fsp3) is 0.348. The molecule has 0 amide bonds. The molecule has 0 saturated carbocycles. The molecule has 4 aromatic rings. The number of unbranched alkanes of at least 4 members (excludes halogenated alkanes) is 2. The summed E-state index contributed by atoms with van der Waals surface area (Å²) in [6, 6.07) is 17.2. The molecule has 0 spiro atoms. The monoisotopic (exact) mass is 450 g/mol. The van der Waals surface area contributed by atoms with Gasteiger partial charge in [0.15, 0.2) is 5.16 Å². The number of aryl methyl sites for hydroxylation is 1. The first kappa shape index (κ1) is 22.2. The van der Waals surface area contributed by atoms with Gasteiger partial charge in [-0.15, -0.1) is 10.2 Å². The Labute approximate surface area is 190 Å². The van der Waals surface area contributed by atoms with Crippen LogP contribution in [0.3, 0.4) is 0 Å². The summed E-state index contributed by atoms with van der Waals surface area (Å²) < 4.78 is 1.69. The van der Waals surface area contributed by atoms with Gasteiger partial charge in [-0.3, -0.25) is 9.36 Å². The number of aliphatic hydroxyl groups excluding tert-OH is 1. The molecule has 0 aliphatic heterocycles. The first-order chi connectivity index (χ1) is 15.8. The van der Waals surface area contributed by atoms with E-state index in [4.69, 9.17) is 4.98 Å². The van der Waals surface area contributed by atoms with Crippen molar-refractivity contribution in [3.63, 3.8) is 0 Å². The number of thioether (sulfide) groups is 1. The Morgan fingerprint density at radius 1 is 0.906 bits per heavy atom. The summed E-state index contributed by atoms with van der Waals surface area (Å²) in [5, 5.41) is 23.2. The van der Waals surface area contributed by atoms with E-state index in [1.54, 1.807) is 27.2 Å². The Hall–Kier alpha value is -3.04. The third kappa shape index (κ3) is 5.41. The highest BCUT2D eigenvalue weighted by molar-refractivity contribution is 7.99. The number of rotatable bonds is 11. The summed E-state index contributed by atoms with van der Waals surface area (Å²) in [5.41, 5.74) is 1.63. The first-order valence-corrected chi connectivity index (χ1v) is 11.8. The Bertz CT molecular complexity index is 1210. The van der Waals surface area contributed by atoms with Crippen LogP contribution in [0.5, 0.6) is 0 Å². The second kappa shape index (κ2) is 11.0. The van der Waals surface area contributed by atoms with Gasteiger partial charge in [-0.05, 0) is 36.6 Å². The van der Waals surface area contributed by atoms with Crippen molar-refractivity contribution in [1.29, 1.82) is 0 Å². The summed E-state index contributed by atoms with van der Waals surface area (Å²) in [4.78, 5) is 19.2. The van der Waals surface area contributed by atoms with Crippen LogP contribution in [0.25, 0.3) is 22.3 Å². The third-order valence-corrected chi connectivity index (χ3v) is 6.15. The smallest absolute Gasteiger partial charge is 0.262 e. The number of hydrogen-bond donors (Lipinski definition) is 1. The SMILES string of the molecule is O=c1c2ccccc2nc(SCCCCCn2nnc(-c3ccccc3)n2)n1CCCO. The summed E-state index contributed by atoms with van der Waals surface area (Å²) in [5.74, 6) is 1.51. The molecule has 1 N–H and O–H groups in total. The number of para-hydroxylation sites is 1. The van der Waals surface area contributed by atoms with Gasteiger partial charge in [-0.1, -0.05) is 60.6 Å². The summed E-state index contributed by atoms with van der Waals surface area (Å²) in [6.07, 6.45) is 3.49. The highest BCUT2D eigenvalue weighted by Crippen LogP contribution is 2.20. The molecule has 32 heavy (non-hydrogen) atoms. The molecule has 0 atom stereocenters. The molecule has 166 valence electrons. The minimum atomic E-state index is -0.0435. The number of aliphatic hydroxyl groups is 1. The third-order valence-electron chi connectivity index (χ3n) is 5.08. The van der Waals surface area contributed by atoms with E-state index in [2.05, 4.69) is 15.4 Å². The van der Waals surface area contributed by atoms with Crippen molar-refractivity contribution in [1.82, 2.24) is 29.8 Å². The molecule has 0 bridgehead atoms. The van der Waals surface area contributed by atoms with Crippen LogP contribution in [0.1, 0.15) is 25.7 Å². The number of aromatic nitrogens is 6. The van der Waals surface area contributed by atoms with E-state index in [-0.39, 0.29) is 12.2 Å². The van der Waals surface area contributed by atoms with E-state index >= 15 is 0 Å². The first-order valence-electron chi connectivity index (χ1n) is 10.8. The molecular weight excluding hydrogens is 424 g/mol. The van der Waals surface area contributed by atoms with E-state index in [1.807, 2.05) is 48.5 Å². The predicted octanol–water partition coefficient (Wildman–Crippen LogP) is 3.40. The van der Waals surface area contributed by atoms with Crippen molar-refractivity contribution in [2.75, 3.05) is 12.4 Å². The number of tetrazole rings is 1. The van der Waals surface area contributed by atoms with Crippen molar-refractivity contribution < 1.29 is 5.11 Å². The molecule has 0 fully saturated rings. The lowest BCUT2D eigenvalue weighted by molar-refractivity contribution is 0.276. The molecule has 0 radical (unpaired) electrons. The minimum absolute atomic E-state index is 0.0435. The second-order valence-corrected chi connectivity index (χ2v) is 8.49. The molecule has 0 aliphatic rings. The summed E-state index contributed by atoms with van der Waals surface area (Å²) in [7, 11) is 0. The quantitative estimate of drug-likeness (QED) is 0.212. The normalized spacial score (nSPS) is 11.3. The zero-order chi connectivity index (χ0) is 22.2. The van der Waals surface area contributed by atoms with E-state index in [1.165, 1.54) is 0 Å². The van der Waals surface area contributed by atoms with Crippen molar-refractivity contribution in [3.8, 4) is 11.4 Å². The van der Waals surface area contributed by atoms with Gasteiger partial charge < -0.3 is 5.11 Å². The number of nitrogens with zero attached hydrogens (tertiary/aromatic N) is 6. The van der Waals surface area contributed by atoms with E-state index in [9.17, 15) is 9.90 Å². The predicted molar refractivity (Wildman–Crippen MR) is 126 cm³/mol. The van der Waals surface area contributed by atoms with Crippen LogP contribution < -0.4 is 5.56 Å². The summed E-state index contributed by atoms with van der Waals surface area (Å²) in [6.45, 7) is 1.24. The number of hydrogen-bond acceptors (Lipinski definition) is 7. The minimum Gasteiger partial charge on any atom is -0.396 e. The number of fused-ring (bicyclic) bond motifs is 1. The maximum Gasteiger partial charge on any atom is 0.262 e. The van der Waals surface area contributed by atoms with Gasteiger partial charge in [-0.2, -0.15) is 4.80 Å². The largest absolute Gasteiger partial charge is 0.396 e. The van der Waals surface area contributed by atoms with Crippen molar-refractivity contribution in [3.05, 3.63) is 65.0 Å². The van der Waals surface area contributed by atoms with Crippen LogP contribution in [-0.2, 0) is 13.1 Å².